The number of halogens is 3. The molecule has 1 nitrogen and oxygen atoms in total. The molecule has 0 heterocycles. The predicted molar refractivity (Wildman–Crippen MR) is 75.9 cm³/mol. The van der Waals surface area contributed by atoms with E-state index in [9.17, 15) is 8.78 Å². The standard InChI is InChI=1S/C15H14BrF2N/c1-9-3-2-4-10(7-9)8-13(19)14-12(17)6-5-11(16)15(14)18/h2-7,13H,8,19H2,1H3. The van der Waals surface area contributed by atoms with E-state index in [4.69, 9.17) is 5.73 Å². The molecule has 1 unspecified atom stereocenters. The monoisotopic (exact) mass is 325 g/mol. The summed E-state index contributed by atoms with van der Waals surface area (Å²) < 4.78 is 27.9. The lowest BCUT2D eigenvalue weighted by Gasteiger charge is -2.15. The Labute approximate surface area is 119 Å². The summed E-state index contributed by atoms with van der Waals surface area (Å²) in [5.41, 5.74) is 7.93. The fraction of sp³-hybridized carbons (Fsp3) is 0.200. The second-order valence-corrected chi connectivity index (χ2v) is 5.41. The van der Waals surface area contributed by atoms with E-state index in [2.05, 4.69) is 15.9 Å². The SMILES string of the molecule is Cc1cccc(CC(N)c2c(F)ccc(Br)c2F)c1. The second kappa shape index (κ2) is 5.80. The van der Waals surface area contributed by atoms with Gasteiger partial charge in [-0.05, 0) is 47.0 Å². The first-order chi connectivity index (χ1) is 8.99. The molecule has 2 aromatic rings. The van der Waals surface area contributed by atoms with E-state index in [0.717, 1.165) is 11.1 Å². The maximum atomic E-state index is 13.9. The summed E-state index contributed by atoms with van der Waals surface area (Å²) in [6, 6.07) is 9.60. The topological polar surface area (TPSA) is 26.0 Å². The van der Waals surface area contributed by atoms with Gasteiger partial charge in [-0.1, -0.05) is 29.8 Å². The number of hydrogen-bond acceptors (Lipinski definition) is 1. The van der Waals surface area contributed by atoms with Gasteiger partial charge in [0.05, 0.1) is 4.47 Å². The van der Waals surface area contributed by atoms with Gasteiger partial charge in [0.25, 0.3) is 0 Å². The van der Waals surface area contributed by atoms with Crippen LogP contribution in [-0.2, 0) is 6.42 Å². The summed E-state index contributed by atoms with van der Waals surface area (Å²) in [7, 11) is 0. The Morgan fingerprint density at radius 3 is 2.63 bits per heavy atom. The Bertz CT molecular complexity index is 599. The van der Waals surface area contributed by atoms with Crippen molar-refractivity contribution in [2.75, 3.05) is 0 Å². The average Bonchev–Trinajstić information content (AvgIpc) is 2.34. The minimum atomic E-state index is -0.709. The van der Waals surface area contributed by atoms with Gasteiger partial charge in [-0.25, -0.2) is 8.78 Å². The van der Waals surface area contributed by atoms with Crippen LogP contribution in [-0.4, -0.2) is 0 Å². The number of nitrogens with two attached hydrogens (primary N) is 1. The molecule has 0 bridgehead atoms. The summed E-state index contributed by atoms with van der Waals surface area (Å²) in [5.74, 6) is -1.24. The zero-order valence-electron chi connectivity index (χ0n) is 10.5. The fourth-order valence-corrected chi connectivity index (χ4v) is 2.42. The molecule has 0 saturated carbocycles. The molecule has 0 fully saturated rings. The van der Waals surface area contributed by atoms with Gasteiger partial charge >= 0.3 is 0 Å². The van der Waals surface area contributed by atoms with Gasteiger partial charge in [-0.15, -0.1) is 0 Å². The van der Waals surface area contributed by atoms with Crippen LogP contribution in [0.5, 0.6) is 0 Å². The Morgan fingerprint density at radius 1 is 1.21 bits per heavy atom. The van der Waals surface area contributed by atoms with Gasteiger partial charge in [0.2, 0.25) is 0 Å². The molecule has 0 aliphatic heterocycles. The first kappa shape index (κ1) is 14.2. The van der Waals surface area contributed by atoms with Crippen LogP contribution in [0.4, 0.5) is 8.78 Å². The molecule has 0 radical (unpaired) electrons. The van der Waals surface area contributed by atoms with Crippen molar-refractivity contribution in [3.05, 3.63) is 69.2 Å². The van der Waals surface area contributed by atoms with E-state index < -0.39 is 17.7 Å². The van der Waals surface area contributed by atoms with Crippen LogP contribution in [0.1, 0.15) is 22.7 Å². The first-order valence-electron chi connectivity index (χ1n) is 5.93. The summed E-state index contributed by atoms with van der Waals surface area (Å²) in [6.45, 7) is 1.97. The zero-order valence-corrected chi connectivity index (χ0v) is 12.0. The molecule has 100 valence electrons. The third-order valence-corrected chi connectivity index (χ3v) is 3.60. The van der Waals surface area contributed by atoms with Gasteiger partial charge in [0.1, 0.15) is 11.6 Å². The van der Waals surface area contributed by atoms with Gasteiger partial charge in [0.15, 0.2) is 0 Å². The maximum absolute atomic E-state index is 13.9. The smallest absolute Gasteiger partial charge is 0.145 e. The molecule has 2 rings (SSSR count). The van der Waals surface area contributed by atoms with Gasteiger partial charge in [-0.3, -0.25) is 0 Å². The van der Waals surface area contributed by atoms with Crippen molar-refractivity contribution in [3.63, 3.8) is 0 Å². The highest BCUT2D eigenvalue weighted by Gasteiger charge is 2.19. The highest BCUT2D eigenvalue weighted by Crippen LogP contribution is 2.27. The van der Waals surface area contributed by atoms with Crippen molar-refractivity contribution in [1.82, 2.24) is 0 Å². The summed E-state index contributed by atoms with van der Waals surface area (Å²) >= 11 is 3.05. The maximum Gasteiger partial charge on any atom is 0.145 e. The summed E-state index contributed by atoms with van der Waals surface area (Å²) in [4.78, 5) is 0. The minimum Gasteiger partial charge on any atom is -0.323 e. The van der Waals surface area contributed by atoms with E-state index in [1.54, 1.807) is 0 Å². The van der Waals surface area contributed by atoms with Crippen molar-refractivity contribution in [3.8, 4) is 0 Å². The number of rotatable bonds is 3. The fourth-order valence-electron chi connectivity index (χ4n) is 2.08. The van der Waals surface area contributed by atoms with Crippen LogP contribution >= 0.6 is 15.9 Å². The Kier molecular flexibility index (Phi) is 4.32. The van der Waals surface area contributed by atoms with Crippen molar-refractivity contribution in [2.45, 2.75) is 19.4 Å². The van der Waals surface area contributed by atoms with Crippen molar-refractivity contribution in [2.24, 2.45) is 5.73 Å². The molecule has 0 aromatic heterocycles. The number of aryl methyl sites for hydroxylation is 1. The van der Waals surface area contributed by atoms with E-state index in [0.29, 0.717) is 6.42 Å². The summed E-state index contributed by atoms with van der Waals surface area (Å²) in [5, 5.41) is 0. The molecule has 0 spiro atoms. The van der Waals surface area contributed by atoms with Crippen LogP contribution in [0.25, 0.3) is 0 Å². The molecule has 4 heteroatoms. The molecule has 1 atom stereocenters. The lowest BCUT2D eigenvalue weighted by atomic mass is 9.98. The zero-order chi connectivity index (χ0) is 14.0. The lowest BCUT2D eigenvalue weighted by molar-refractivity contribution is 0.521. The van der Waals surface area contributed by atoms with E-state index in [1.165, 1.54) is 12.1 Å². The molecule has 0 aliphatic rings. The van der Waals surface area contributed by atoms with E-state index in [-0.39, 0.29) is 10.0 Å². The Balaban J connectivity index is 2.30. The lowest BCUT2D eigenvalue weighted by Crippen LogP contribution is -2.17. The van der Waals surface area contributed by atoms with Crippen molar-refractivity contribution >= 4 is 15.9 Å². The average molecular weight is 326 g/mol. The van der Waals surface area contributed by atoms with Crippen LogP contribution in [0, 0.1) is 18.6 Å². The molecule has 2 aromatic carbocycles. The minimum absolute atomic E-state index is 0.0733. The van der Waals surface area contributed by atoms with E-state index in [1.807, 2.05) is 31.2 Å². The molecular weight excluding hydrogens is 312 g/mol. The molecule has 0 aliphatic carbocycles. The Hall–Kier alpha value is -1.26. The first-order valence-corrected chi connectivity index (χ1v) is 6.73. The van der Waals surface area contributed by atoms with Gasteiger partial charge in [0, 0.05) is 11.6 Å². The van der Waals surface area contributed by atoms with Crippen molar-refractivity contribution < 1.29 is 8.78 Å². The van der Waals surface area contributed by atoms with Crippen LogP contribution in [0.3, 0.4) is 0 Å². The highest BCUT2D eigenvalue weighted by atomic mass is 79.9. The molecule has 2 N–H and O–H groups in total. The number of hydrogen-bond donors (Lipinski definition) is 1. The second-order valence-electron chi connectivity index (χ2n) is 4.56. The van der Waals surface area contributed by atoms with Crippen LogP contribution < -0.4 is 5.73 Å². The molecular formula is C15H14BrF2N. The van der Waals surface area contributed by atoms with E-state index >= 15 is 0 Å². The van der Waals surface area contributed by atoms with Gasteiger partial charge < -0.3 is 5.73 Å². The van der Waals surface area contributed by atoms with Crippen molar-refractivity contribution in [1.29, 1.82) is 0 Å². The highest BCUT2D eigenvalue weighted by molar-refractivity contribution is 9.10. The summed E-state index contributed by atoms with van der Waals surface area (Å²) in [6.07, 6.45) is 0.395. The number of benzene rings is 2. The third-order valence-electron chi connectivity index (χ3n) is 2.99. The predicted octanol–water partition coefficient (Wildman–Crippen LogP) is 4.28. The Morgan fingerprint density at radius 2 is 1.95 bits per heavy atom. The normalized spacial score (nSPS) is 12.5. The van der Waals surface area contributed by atoms with Crippen LogP contribution in [0.15, 0.2) is 40.9 Å². The molecule has 0 amide bonds. The largest absolute Gasteiger partial charge is 0.323 e. The third kappa shape index (κ3) is 3.19. The van der Waals surface area contributed by atoms with Gasteiger partial charge in [-0.2, -0.15) is 0 Å². The van der Waals surface area contributed by atoms with Crippen LogP contribution in [0.2, 0.25) is 0 Å². The molecule has 0 saturated heterocycles. The quantitative estimate of drug-likeness (QED) is 0.837. The molecule has 19 heavy (non-hydrogen) atoms.